The Morgan fingerprint density at radius 3 is 2.44 bits per heavy atom. The van der Waals surface area contributed by atoms with Crippen molar-refractivity contribution in [3.05, 3.63) is 56.1 Å². The molecule has 0 aliphatic carbocycles. The molecule has 9 heteroatoms. The van der Waals surface area contributed by atoms with Gasteiger partial charge in [0.05, 0.1) is 27.9 Å². The van der Waals surface area contributed by atoms with E-state index in [4.69, 9.17) is 33.0 Å². The largest absolute Gasteiger partial charge is 0.496 e. The first-order valence-corrected chi connectivity index (χ1v) is 12.4. The highest BCUT2D eigenvalue weighted by molar-refractivity contribution is 9.10. The van der Waals surface area contributed by atoms with Gasteiger partial charge < -0.3 is 9.64 Å². The molecular weight excluding hydrogens is 533 g/mol. The average Bonchev–Trinajstić information content (AvgIpc) is 3.11. The summed E-state index contributed by atoms with van der Waals surface area (Å²) in [6.07, 6.45) is 0. The summed E-state index contributed by atoms with van der Waals surface area (Å²) in [4.78, 5) is 16.0. The number of benzene rings is 2. The van der Waals surface area contributed by atoms with Crippen LogP contribution in [0.2, 0.25) is 10.0 Å². The summed E-state index contributed by atoms with van der Waals surface area (Å²) in [5.41, 5.74) is 3.67. The van der Waals surface area contributed by atoms with Gasteiger partial charge in [0.2, 0.25) is 0 Å². The van der Waals surface area contributed by atoms with Crippen molar-refractivity contribution in [1.82, 2.24) is 14.7 Å². The number of amides is 1. The van der Waals surface area contributed by atoms with Crippen LogP contribution in [0.15, 0.2) is 39.7 Å². The minimum Gasteiger partial charge on any atom is -0.496 e. The van der Waals surface area contributed by atoms with Gasteiger partial charge in [0, 0.05) is 33.9 Å². The van der Waals surface area contributed by atoms with Crippen molar-refractivity contribution in [3.8, 4) is 22.7 Å². The monoisotopic (exact) mass is 553 g/mol. The molecule has 0 fully saturated rings. The number of fused-ring (bicyclic) bond motifs is 3. The molecule has 0 saturated heterocycles. The lowest BCUT2D eigenvalue weighted by Gasteiger charge is -2.31. The van der Waals surface area contributed by atoms with E-state index in [1.54, 1.807) is 53.7 Å². The second-order valence-corrected chi connectivity index (χ2v) is 11.2. The Balaban J connectivity index is 2.00. The first-order chi connectivity index (χ1) is 15.0. The molecule has 0 bridgehead atoms. The van der Waals surface area contributed by atoms with Crippen molar-refractivity contribution in [1.29, 1.82) is 0 Å². The van der Waals surface area contributed by atoms with Gasteiger partial charge in [-0.15, -0.1) is 11.8 Å². The van der Waals surface area contributed by atoms with Crippen LogP contribution in [-0.4, -0.2) is 40.3 Å². The lowest BCUT2D eigenvalue weighted by Crippen LogP contribution is -2.42. The van der Waals surface area contributed by atoms with Gasteiger partial charge in [0.1, 0.15) is 5.75 Å². The number of carbonyl (C=O) groups is 1. The third-order valence-corrected chi connectivity index (χ3v) is 7.64. The fourth-order valence-corrected chi connectivity index (χ4v) is 5.63. The number of methoxy groups -OCH3 is 1. The van der Waals surface area contributed by atoms with Crippen molar-refractivity contribution in [2.45, 2.75) is 37.0 Å². The van der Waals surface area contributed by atoms with Crippen LogP contribution in [0.5, 0.6) is 5.75 Å². The second kappa shape index (κ2) is 8.60. The predicted molar refractivity (Wildman–Crippen MR) is 135 cm³/mol. The smallest absolute Gasteiger partial charge is 0.275 e. The Hall–Kier alpha value is -1.67. The zero-order chi connectivity index (χ0) is 23.4. The molecule has 1 aliphatic rings. The number of aromatic nitrogens is 2. The normalized spacial score (nSPS) is 12.9. The van der Waals surface area contributed by atoms with Crippen molar-refractivity contribution in [2.24, 2.45) is 0 Å². The maximum Gasteiger partial charge on any atom is 0.275 e. The standard InChI is InChI=1S/C23H22BrCl2N3O2S/c1-23(2,3)28(4)22(30)19-21-20(29(27-19)15-8-13(25)7-14(26)9-15)16-10-17(24)18(31-5)6-12(16)11-32-21/h6-10H,11H2,1-5H3. The topological polar surface area (TPSA) is 47.4 Å². The van der Waals surface area contributed by atoms with Crippen molar-refractivity contribution in [3.63, 3.8) is 0 Å². The van der Waals surface area contributed by atoms with E-state index in [0.717, 1.165) is 31.9 Å². The zero-order valence-electron chi connectivity index (χ0n) is 18.3. The van der Waals surface area contributed by atoms with E-state index in [1.807, 2.05) is 32.9 Å². The maximum atomic E-state index is 13.5. The zero-order valence-corrected chi connectivity index (χ0v) is 22.2. The third kappa shape index (κ3) is 4.16. The Labute approximate surface area is 210 Å². The van der Waals surface area contributed by atoms with Crippen LogP contribution in [0.25, 0.3) is 16.9 Å². The van der Waals surface area contributed by atoms with Crippen molar-refractivity contribution >= 4 is 56.8 Å². The first kappa shape index (κ1) is 23.5. The molecule has 4 rings (SSSR count). The Kier molecular flexibility index (Phi) is 6.31. The maximum absolute atomic E-state index is 13.5. The number of carbonyl (C=O) groups excluding carboxylic acids is 1. The van der Waals surface area contributed by atoms with E-state index in [9.17, 15) is 4.79 Å². The summed E-state index contributed by atoms with van der Waals surface area (Å²) in [5, 5.41) is 5.78. The van der Waals surface area contributed by atoms with Gasteiger partial charge in [-0.2, -0.15) is 5.10 Å². The summed E-state index contributed by atoms with van der Waals surface area (Å²) < 4.78 is 8.08. The fourth-order valence-electron chi connectivity index (χ4n) is 3.47. The molecule has 0 saturated carbocycles. The highest BCUT2D eigenvalue weighted by atomic mass is 79.9. The minimum atomic E-state index is -0.346. The molecule has 0 N–H and O–H groups in total. The van der Waals surface area contributed by atoms with E-state index < -0.39 is 0 Å². The molecule has 0 spiro atoms. The SMILES string of the molecule is COc1cc2c(cc1Br)-c1c(c(C(=O)N(C)C(C)(C)C)nn1-c1cc(Cl)cc(Cl)c1)SC2. The molecule has 1 aromatic heterocycles. The molecule has 5 nitrogen and oxygen atoms in total. The van der Waals surface area contributed by atoms with Crippen LogP contribution in [0, 0.1) is 0 Å². The number of halogens is 3. The van der Waals surface area contributed by atoms with E-state index >= 15 is 0 Å². The number of rotatable bonds is 3. The van der Waals surface area contributed by atoms with E-state index in [1.165, 1.54) is 0 Å². The number of nitrogens with zero attached hydrogens (tertiary/aromatic N) is 3. The van der Waals surface area contributed by atoms with Gasteiger partial charge in [0.15, 0.2) is 5.69 Å². The fraction of sp³-hybridized carbons (Fsp3) is 0.304. The number of ether oxygens (including phenoxy) is 1. The molecule has 0 radical (unpaired) electrons. The van der Waals surface area contributed by atoms with Gasteiger partial charge in [-0.3, -0.25) is 4.79 Å². The van der Waals surface area contributed by atoms with Crippen LogP contribution in [0.3, 0.4) is 0 Å². The molecule has 3 aromatic rings. The van der Waals surface area contributed by atoms with E-state index in [2.05, 4.69) is 15.9 Å². The Bertz CT molecular complexity index is 1220. The molecule has 0 atom stereocenters. The summed E-state index contributed by atoms with van der Waals surface area (Å²) in [6, 6.07) is 9.28. The van der Waals surface area contributed by atoms with Crippen molar-refractivity contribution in [2.75, 3.05) is 14.2 Å². The molecule has 2 aromatic carbocycles. The van der Waals surface area contributed by atoms with Crippen LogP contribution in [-0.2, 0) is 5.75 Å². The lowest BCUT2D eigenvalue weighted by atomic mass is 10.0. The molecule has 1 aliphatic heterocycles. The average molecular weight is 555 g/mol. The summed E-state index contributed by atoms with van der Waals surface area (Å²) in [5.74, 6) is 1.32. The predicted octanol–water partition coefficient (Wildman–Crippen LogP) is 7.09. The second-order valence-electron chi connectivity index (χ2n) is 8.53. The highest BCUT2D eigenvalue weighted by Gasteiger charge is 2.34. The van der Waals surface area contributed by atoms with Crippen LogP contribution >= 0.6 is 50.9 Å². The van der Waals surface area contributed by atoms with Gasteiger partial charge in [-0.1, -0.05) is 23.2 Å². The highest BCUT2D eigenvalue weighted by Crippen LogP contribution is 2.47. The number of hydrogen-bond acceptors (Lipinski definition) is 4. The summed E-state index contributed by atoms with van der Waals surface area (Å²) in [7, 11) is 3.44. The molecule has 1 amide bonds. The van der Waals surface area contributed by atoms with Crippen LogP contribution in [0.4, 0.5) is 0 Å². The van der Waals surface area contributed by atoms with Gasteiger partial charge in [-0.05, 0) is 72.6 Å². The minimum absolute atomic E-state index is 0.135. The summed E-state index contributed by atoms with van der Waals surface area (Å²) >= 11 is 17.8. The van der Waals surface area contributed by atoms with Crippen LogP contribution < -0.4 is 4.74 Å². The summed E-state index contributed by atoms with van der Waals surface area (Å²) in [6.45, 7) is 5.99. The van der Waals surface area contributed by atoms with E-state index in [0.29, 0.717) is 27.2 Å². The van der Waals surface area contributed by atoms with E-state index in [-0.39, 0.29) is 11.4 Å². The number of hydrogen-bond donors (Lipinski definition) is 0. The van der Waals surface area contributed by atoms with Gasteiger partial charge in [-0.25, -0.2) is 4.68 Å². The van der Waals surface area contributed by atoms with Crippen LogP contribution in [0.1, 0.15) is 36.8 Å². The lowest BCUT2D eigenvalue weighted by molar-refractivity contribution is 0.0645. The molecular formula is C23H22BrCl2N3O2S. The van der Waals surface area contributed by atoms with Gasteiger partial charge in [0.25, 0.3) is 5.91 Å². The van der Waals surface area contributed by atoms with Crippen molar-refractivity contribution < 1.29 is 9.53 Å². The molecule has 0 unspecified atom stereocenters. The first-order valence-electron chi connectivity index (χ1n) is 9.88. The number of thioether (sulfide) groups is 1. The molecule has 2 heterocycles. The molecule has 168 valence electrons. The van der Waals surface area contributed by atoms with Gasteiger partial charge >= 0.3 is 0 Å². The molecule has 32 heavy (non-hydrogen) atoms. The quantitative estimate of drug-likeness (QED) is 0.346. The Morgan fingerprint density at radius 2 is 1.84 bits per heavy atom. The third-order valence-electron chi connectivity index (χ3n) is 5.45. The Morgan fingerprint density at radius 1 is 1.19 bits per heavy atom.